The third-order valence-corrected chi connectivity index (χ3v) is 19.5. The van der Waals surface area contributed by atoms with Crippen LogP contribution in [0.25, 0.3) is 0 Å². The molecule has 492 valence electrons. The number of ether oxygens (including phenoxy) is 1. The quantitative estimate of drug-likeness (QED) is 0.0201. The molecule has 0 amide bonds. The molecule has 1 heterocycles. The molecule has 0 aliphatic carbocycles. The Kier molecular flexibility index (Phi) is 60.9. The molecule has 1 aliphatic heterocycles. The van der Waals surface area contributed by atoms with Gasteiger partial charge in [0.2, 0.25) is 0 Å². The van der Waals surface area contributed by atoms with E-state index in [4.69, 9.17) is 4.74 Å². The second kappa shape index (κ2) is 62.9. The van der Waals surface area contributed by atoms with E-state index < -0.39 is 12.2 Å². The van der Waals surface area contributed by atoms with Gasteiger partial charge in [-0.05, 0) is 103 Å². The topological polar surface area (TPSA) is 120 Å². The Hall–Kier alpha value is -0.670. The number of unbranched alkanes of at least 4 members (excludes halogenated alkanes) is 30. The first kappa shape index (κ1) is 80.3. The van der Waals surface area contributed by atoms with Gasteiger partial charge in [-0.2, -0.15) is 0 Å². The average Bonchev–Trinajstić information content (AvgIpc) is 3.48. The van der Waals surface area contributed by atoms with E-state index in [9.17, 15) is 25.2 Å². The molecule has 0 aromatic rings. The fourth-order valence-electron chi connectivity index (χ4n) is 11.6. The van der Waals surface area contributed by atoms with Gasteiger partial charge in [0.05, 0.1) is 24.4 Å². The number of carbonyl (C=O) groups is 1. The smallest absolute Gasteiger partial charge is 0.305 e. The molecule has 10 nitrogen and oxygen atoms in total. The lowest BCUT2D eigenvalue weighted by molar-refractivity contribution is -0.144. The second-order valence-electron chi connectivity index (χ2n) is 25.3. The highest BCUT2D eigenvalue weighted by Crippen LogP contribution is 2.23. The monoisotopic (exact) mass is 1210 g/mol. The fraction of sp³-hybridized carbons (Fsp3) is 0.930. The van der Waals surface area contributed by atoms with Crippen LogP contribution < -0.4 is 0 Å². The average molecular weight is 1210 g/mol. The molecule has 2 unspecified atom stereocenters. The third-order valence-electron chi connectivity index (χ3n) is 17.0. The van der Waals surface area contributed by atoms with Crippen molar-refractivity contribution in [3.8, 4) is 0 Å². The minimum Gasteiger partial charge on any atom is -0.464 e. The summed E-state index contributed by atoms with van der Waals surface area (Å²) < 4.78 is 5.72. The second-order valence-corrected chi connectivity index (χ2v) is 28.0. The lowest BCUT2D eigenvalue weighted by atomic mass is 10.1. The van der Waals surface area contributed by atoms with E-state index in [1.54, 1.807) is 0 Å². The van der Waals surface area contributed by atoms with E-state index in [0.29, 0.717) is 52.2 Å². The standard InChI is InChI=1S/C71H140N4O6S2/c1-5-9-13-17-21-23-25-27-29-31-33-35-39-43-49-69(78)65-75(66-70(79)50-44-40-36-34-32-30-28-26-24-22-18-14-10-6-2)53-46-61-82-83-62-59-73-56-54-72(55-57-73)58-60-81-71(80)51-45-52-74(63-67(76)47-41-37-19-15-11-7-3)64-68(77)48-42-38-20-16-12-8-4/h27-30,67-70,76-79H,5-26,31-66H2,1-4H3/b29-27-,30-28-/t67?,68?,69-,70-/m0/s1. The fourth-order valence-corrected chi connectivity index (χ4v) is 13.7. The molecule has 1 fully saturated rings. The van der Waals surface area contributed by atoms with E-state index in [1.165, 1.54) is 193 Å². The lowest BCUT2D eigenvalue weighted by Gasteiger charge is -2.34. The van der Waals surface area contributed by atoms with Crippen LogP contribution in [0.3, 0.4) is 0 Å². The zero-order chi connectivity index (χ0) is 60.2. The highest BCUT2D eigenvalue weighted by molar-refractivity contribution is 8.76. The SMILES string of the molecule is CCCCCCCC/C=C\CCCCCC[C@H](O)CN(CCCSSCCN1CCN(CCOC(=O)CCCN(CC(O)CCCCCCCC)CC(O)CCCCCCCC)CC1)C[C@@H](O)CCCCCC/C=C\CCCCCCCC. The number of rotatable bonds is 65. The van der Waals surface area contributed by atoms with Crippen molar-refractivity contribution in [3.05, 3.63) is 24.3 Å². The Balaban J connectivity index is 2.40. The van der Waals surface area contributed by atoms with Crippen LogP contribution >= 0.6 is 21.6 Å². The summed E-state index contributed by atoms with van der Waals surface area (Å²) in [5.41, 5.74) is 0. The van der Waals surface area contributed by atoms with Gasteiger partial charge in [-0.15, -0.1) is 0 Å². The van der Waals surface area contributed by atoms with Crippen molar-refractivity contribution in [3.63, 3.8) is 0 Å². The molecule has 12 heteroatoms. The van der Waals surface area contributed by atoms with E-state index in [0.717, 1.165) is 128 Å². The molecule has 1 rings (SSSR count). The van der Waals surface area contributed by atoms with E-state index >= 15 is 0 Å². The minimum absolute atomic E-state index is 0.149. The Labute approximate surface area is 523 Å². The summed E-state index contributed by atoms with van der Waals surface area (Å²) in [5.74, 6) is 2.02. The van der Waals surface area contributed by atoms with Gasteiger partial charge in [0.1, 0.15) is 6.61 Å². The van der Waals surface area contributed by atoms with Gasteiger partial charge in [-0.25, -0.2) is 0 Å². The van der Waals surface area contributed by atoms with Crippen LogP contribution in [0.4, 0.5) is 0 Å². The van der Waals surface area contributed by atoms with E-state index in [-0.39, 0.29) is 18.2 Å². The molecule has 0 aromatic heterocycles. The van der Waals surface area contributed by atoms with Gasteiger partial charge < -0.3 is 25.2 Å². The maximum atomic E-state index is 12.8. The first-order valence-electron chi connectivity index (χ1n) is 36.0. The van der Waals surface area contributed by atoms with Gasteiger partial charge in [-0.1, -0.05) is 253 Å². The molecule has 1 saturated heterocycles. The number of hydrogen-bond acceptors (Lipinski definition) is 12. The number of carbonyl (C=O) groups excluding carboxylic acids is 1. The normalized spacial score (nSPS) is 15.2. The molecular formula is C71H140N4O6S2. The first-order valence-corrected chi connectivity index (χ1v) is 38.5. The number of esters is 1. The van der Waals surface area contributed by atoms with Gasteiger partial charge in [0.25, 0.3) is 0 Å². The summed E-state index contributed by atoms with van der Waals surface area (Å²) in [6, 6.07) is 0. The molecule has 0 aromatic carbocycles. The predicted molar refractivity (Wildman–Crippen MR) is 365 cm³/mol. The van der Waals surface area contributed by atoms with Gasteiger partial charge in [-0.3, -0.25) is 24.4 Å². The Bertz CT molecular complexity index is 1320. The number of aliphatic hydroxyl groups excluding tert-OH is 4. The van der Waals surface area contributed by atoms with Gasteiger partial charge >= 0.3 is 5.97 Å². The largest absolute Gasteiger partial charge is 0.464 e. The van der Waals surface area contributed by atoms with E-state index in [1.807, 2.05) is 21.6 Å². The summed E-state index contributed by atoms with van der Waals surface area (Å²) >= 11 is 0. The van der Waals surface area contributed by atoms with Crippen molar-refractivity contribution < 1.29 is 30.0 Å². The summed E-state index contributed by atoms with van der Waals surface area (Å²) in [6.07, 6.45) is 58.6. The number of allylic oxidation sites excluding steroid dienone is 4. The van der Waals surface area contributed by atoms with Crippen LogP contribution in [0.15, 0.2) is 24.3 Å². The van der Waals surface area contributed by atoms with Crippen LogP contribution in [0.5, 0.6) is 0 Å². The third kappa shape index (κ3) is 56.3. The summed E-state index contributed by atoms with van der Waals surface area (Å²) in [4.78, 5) is 22.3. The van der Waals surface area contributed by atoms with Crippen molar-refractivity contribution in [2.24, 2.45) is 0 Å². The Morgan fingerprint density at radius 1 is 0.398 bits per heavy atom. The highest BCUT2D eigenvalue weighted by Gasteiger charge is 2.20. The summed E-state index contributed by atoms with van der Waals surface area (Å²) in [5, 5.41) is 44.2. The maximum absolute atomic E-state index is 12.8. The van der Waals surface area contributed by atoms with Crippen molar-refractivity contribution in [2.45, 2.75) is 328 Å². The zero-order valence-corrected chi connectivity index (χ0v) is 57.0. The number of piperazine rings is 1. The van der Waals surface area contributed by atoms with Crippen molar-refractivity contribution >= 4 is 27.6 Å². The molecule has 0 saturated carbocycles. The predicted octanol–water partition coefficient (Wildman–Crippen LogP) is 17.5. The number of hydrogen-bond donors (Lipinski definition) is 4. The van der Waals surface area contributed by atoms with Gasteiger partial charge in [0, 0.05) is 83.4 Å². The van der Waals surface area contributed by atoms with Crippen LogP contribution in [0, 0.1) is 0 Å². The van der Waals surface area contributed by atoms with Crippen LogP contribution in [-0.2, 0) is 9.53 Å². The molecule has 83 heavy (non-hydrogen) atoms. The molecule has 0 spiro atoms. The molecular weight excluding hydrogens is 1070 g/mol. The number of nitrogens with zero attached hydrogens (tertiary/aromatic N) is 4. The zero-order valence-electron chi connectivity index (χ0n) is 55.3. The summed E-state index contributed by atoms with van der Waals surface area (Å²) in [7, 11) is 3.94. The van der Waals surface area contributed by atoms with Gasteiger partial charge in [0.15, 0.2) is 0 Å². The highest BCUT2D eigenvalue weighted by atomic mass is 33.1. The number of aliphatic hydroxyl groups is 4. The molecule has 1 aliphatic rings. The van der Waals surface area contributed by atoms with Crippen LogP contribution in [-0.4, -0.2) is 167 Å². The Morgan fingerprint density at radius 3 is 1.06 bits per heavy atom. The molecule has 0 radical (unpaired) electrons. The molecule has 0 bridgehead atoms. The minimum atomic E-state index is -0.405. The van der Waals surface area contributed by atoms with Crippen molar-refractivity contribution in [1.82, 2.24) is 19.6 Å². The molecule has 4 atom stereocenters. The van der Waals surface area contributed by atoms with Crippen LogP contribution in [0.1, 0.15) is 304 Å². The van der Waals surface area contributed by atoms with Crippen molar-refractivity contribution in [1.29, 1.82) is 0 Å². The summed E-state index contributed by atoms with van der Waals surface area (Å²) in [6.45, 7) is 19.4. The van der Waals surface area contributed by atoms with E-state index in [2.05, 4.69) is 71.6 Å². The Morgan fingerprint density at radius 2 is 0.699 bits per heavy atom. The lowest BCUT2D eigenvalue weighted by Crippen LogP contribution is -2.47. The van der Waals surface area contributed by atoms with Crippen molar-refractivity contribution in [2.75, 3.05) is 96.6 Å². The van der Waals surface area contributed by atoms with Crippen LogP contribution in [0.2, 0.25) is 0 Å². The maximum Gasteiger partial charge on any atom is 0.305 e. The first-order chi connectivity index (χ1) is 40.7. The molecule has 4 N–H and O–H groups in total.